The lowest BCUT2D eigenvalue weighted by molar-refractivity contribution is 0.173. The Bertz CT molecular complexity index is 291. The van der Waals surface area contributed by atoms with Crippen LogP contribution in [0.15, 0.2) is 5.16 Å². The second kappa shape index (κ2) is 6.38. The van der Waals surface area contributed by atoms with Crippen LogP contribution in [0.1, 0.15) is 33.6 Å². The molecule has 1 aliphatic heterocycles. The fourth-order valence-corrected chi connectivity index (χ4v) is 2.49. The SMILES string of the molecule is CC1CN(C)CCC1NCCC(C)(C)C(N)=NO. The molecule has 1 fully saturated rings. The Morgan fingerprint density at radius 1 is 1.56 bits per heavy atom. The summed E-state index contributed by atoms with van der Waals surface area (Å²) in [6, 6.07) is 0.587. The molecule has 18 heavy (non-hydrogen) atoms. The van der Waals surface area contributed by atoms with Crippen LogP contribution in [0.4, 0.5) is 0 Å². The molecule has 0 bridgehead atoms. The van der Waals surface area contributed by atoms with E-state index in [9.17, 15) is 0 Å². The van der Waals surface area contributed by atoms with Crippen molar-refractivity contribution in [3.05, 3.63) is 0 Å². The Kier molecular flexibility index (Phi) is 5.41. The van der Waals surface area contributed by atoms with Gasteiger partial charge in [0.25, 0.3) is 0 Å². The maximum Gasteiger partial charge on any atom is 0.144 e. The largest absolute Gasteiger partial charge is 0.409 e. The lowest BCUT2D eigenvalue weighted by Crippen LogP contribution is -2.48. The number of amidine groups is 1. The summed E-state index contributed by atoms with van der Waals surface area (Å²) >= 11 is 0. The van der Waals surface area contributed by atoms with Crippen LogP contribution in [0, 0.1) is 11.3 Å². The first-order valence-electron chi connectivity index (χ1n) is 6.76. The van der Waals surface area contributed by atoms with Gasteiger partial charge in [-0.2, -0.15) is 0 Å². The van der Waals surface area contributed by atoms with E-state index in [2.05, 4.69) is 29.3 Å². The van der Waals surface area contributed by atoms with Crippen LogP contribution >= 0.6 is 0 Å². The van der Waals surface area contributed by atoms with Crippen molar-refractivity contribution in [2.75, 3.05) is 26.7 Å². The van der Waals surface area contributed by atoms with E-state index in [1.54, 1.807) is 0 Å². The Hall–Kier alpha value is -0.810. The van der Waals surface area contributed by atoms with E-state index in [-0.39, 0.29) is 5.41 Å². The zero-order valence-corrected chi connectivity index (χ0v) is 12.1. The van der Waals surface area contributed by atoms with Crippen LogP contribution in [-0.2, 0) is 0 Å². The molecule has 1 aliphatic rings. The second-order valence-corrected chi connectivity index (χ2v) is 6.21. The molecule has 5 heteroatoms. The molecular formula is C13H28N4O. The van der Waals surface area contributed by atoms with E-state index < -0.39 is 0 Å². The third-order valence-electron chi connectivity index (χ3n) is 4.07. The standard InChI is InChI=1S/C13H28N4O/c1-10-9-17(4)8-5-11(10)15-7-6-13(2,3)12(14)16-18/h10-11,15,18H,5-9H2,1-4H3,(H2,14,16). The van der Waals surface area contributed by atoms with Crippen molar-refractivity contribution >= 4 is 5.84 Å². The molecule has 1 rings (SSSR count). The number of nitrogens with two attached hydrogens (primary N) is 1. The van der Waals surface area contributed by atoms with Crippen molar-refractivity contribution < 1.29 is 5.21 Å². The molecule has 0 aromatic carbocycles. The molecule has 0 spiro atoms. The third kappa shape index (κ3) is 4.14. The van der Waals surface area contributed by atoms with Crippen LogP contribution in [0.5, 0.6) is 0 Å². The van der Waals surface area contributed by atoms with Gasteiger partial charge in [-0.3, -0.25) is 0 Å². The van der Waals surface area contributed by atoms with Crippen molar-refractivity contribution in [2.24, 2.45) is 22.2 Å². The van der Waals surface area contributed by atoms with Gasteiger partial charge in [0, 0.05) is 18.0 Å². The van der Waals surface area contributed by atoms with Gasteiger partial charge in [0.15, 0.2) is 0 Å². The molecule has 5 nitrogen and oxygen atoms in total. The van der Waals surface area contributed by atoms with Gasteiger partial charge in [-0.05, 0) is 38.9 Å². The molecule has 106 valence electrons. The summed E-state index contributed by atoms with van der Waals surface area (Å²) in [5, 5.41) is 15.4. The predicted octanol–water partition coefficient (Wildman–Crippen LogP) is 1.08. The summed E-state index contributed by atoms with van der Waals surface area (Å²) in [5.74, 6) is 0.983. The molecule has 0 aromatic heterocycles. The first-order chi connectivity index (χ1) is 8.36. The first kappa shape index (κ1) is 15.2. The van der Waals surface area contributed by atoms with Crippen molar-refractivity contribution in [2.45, 2.75) is 39.7 Å². The van der Waals surface area contributed by atoms with Crippen molar-refractivity contribution in [3.63, 3.8) is 0 Å². The lowest BCUT2D eigenvalue weighted by atomic mass is 9.87. The van der Waals surface area contributed by atoms with Gasteiger partial charge < -0.3 is 21.2 Å². The Labute approximate surface area is 110 Å². The molecule has 2 atom stereocenters. The summed E-state index contributed by atoms with van der Waals surface area (Å²) in [5.41, 5.74) is 5.43. The van der Waals surface area contributed by atoms with E-state index in [1.165, 1.54) is 6.42 Å². The molecule has 0 saturated carbocycles. The third-order valence-corrected chi connectivity index (χ3v) is 4.07. The molecule has 0 amide bonds. The number of piperidine rings is 1. The minimum Gasteiger partial charge on any atom is -0.409 e. The van der Waals surface area contributed by atoms with Crippen LogP contribution in [0.25, 0.3) is 0 Å². The average Bonchev–Trinajstić information content (AvgIpc) is 2.30. The number of nitrogens with one attached hydrogen (secondary N) is 1. The molecule has 0 radical (unpaired) electrons. The zero-order chi connectivity index (χ0) is 13.8. The van der Waals surface area contributed by atoms with Gasteiger partial charge in [0.05, 0.1) is 0 Å². The highest BCUT2D eigenvalue weighted by molar-refractivity contribution is 5.85. The van der Waals surface area contributed by atoms with Gasteiger partial charge in [0.1, 0.15) is 5.84 Å². The van der Waals surface area contributed by atoms with Gasteiger partial charge in [0.2, 0.25) is 0 Å². The quantitative estimate of drug-likeness (QED) is 0.298. The van der Waals surface area contributed by atoms with E-state index in [0.29, 0.717) is 17.8 Å². The van der Waals surface area contributed by atoms with Crippen LogP contribution in [0.3, 0.4) is 0 Å². The molecule has 1 saturated heterocycles. The average molecular weight is 256 g/mol. The maximum atomic E-state index is 8.73. The monoisotopic (exact) mass is 256 g/mol. The first-order valence-corrected chi connectivity index (χ1v) is 6.76. The predicted molar refractivity (Wildman–Crippen MR) is 74.9 cm³/mol. The normalized spacial score (nSPS) is 27.4. The molecular weight excluding hydrogens is 228 g/mol. The molecule has 0 aliphatic carbocycles. The number of nitrogens with zero attached hydrogens (tertiary/aromatic N) is 2. The Morgan fingerprint density at radius 3 is 2.78 bits per heavy atom. The molecule has 0 aromatic rings. The second-order valence-electron chi connectivity index (χ2n) is 6.21. The number of oxime groups is 1. The minimum absolute atomic E-state index is 0.254. The number of rotatable bonds is 5. The summed E-state index contributed by atoms with van der Waals surface area (Å²) < 4.78 is 0. The van der Waals surface area contributed by atoms with Crippen molar-refractivity contribution in [1.29, 1.82) is 0 Å². The summed E-state index contributed by atoms with van der Waals surface area (Å²) in [6.45, 7) is 9.51. The van der Waals surface area contributed by atoms with Crippen molar-refractivity contribution in [1.82, 2.24) is 10.2 Å². The van der Waals surface area contributed by atoms with E-state index in [4.69, 9.17) is 10.9 Å². The van der Waals surface area contributed by atoms with Crippen molar-refractivity contribution in [3.8, 4) is 0 Å². The highest BCUT2D eigenvalue weighted by Gasteiger charge is 2.26. The van der Waals surface area contributed by atoms with Gasteiger partial charge in [-0.25, -0.2) is 0 Å². The molecule has 4 N–H and O–H groups in total. The summed E-state index contributed by atoms with van der Waals surface area (Å²) in [7, 11) is 2.17. The Morgan fingerprint density at radius 2 is 2.22 bits per heavy atom. The lowest BCUT2D eigenvalue weighted by Gasteiger charge is -2.36. The van der Waals surface area contributed by atoms with Gasteiger partial charge in [-0.1, -0.05) is 25.9 Å². The van der Waals surface area contributed by atoms with E-state index >= 15 is 0 Å². The zero-order valence-electron chi connectivity index (χ0n) is 12.1. The summed E-state index contributed by atoms with van der Waals surface area (Å²) in [6.07, 6.45) is 2.07. The van der Waals surface area contributed by atoms with Gasteiger partial charge >= 0.3 is 0 Å². The number of likely N-dealkylation sites (tertiary alicyclic amines) is 1. The maximum absolute atomic E-state index is 8.73. The highest BCUT2D eigenvalue weighted by atomic mass is 16.4. The fourth-order valence-electron chi connectivity index (χ4n) is 2.49. The number of hydrogen-bond donors (Lipinski definition) is 3. The van der Waals surface area contributed by atoms with Crippen LogP contribution in [-0.4, -0.2) is 48.7 Å². The minimum atomic E-state index is -0.254. The van der Waals surface area contributed by atoms with E-state index in [1.807, 2.05) is 13.8 Å². The molecule has 1 heterocycles. The van der Waals surface area contributed by atoms with Crippen LogP contribution in [0.2, 0.25) is 0 Å². The van der Waals surface area contributed by atoms with E-state index in [0.717, 1.165) is 26.1 Å². The Balaban J connectivity index is 2.34. The van der Waals surface area contributed by atoms with Crippen LogP contribution < -0.4 is 11.1 Å². The summed E-state index contributed by atoms with van der Waals surface area (Å²) in [4.78, 5) is 2.38. The highest BCUT2D eigenvalue weighted by Crippen LogP contribution is 2.21. The molecule has 2 unspecified atom stereocenters. The topological polar surface area (TPSA) is 73.9 Å². The smallest absolute Gasteiger partial charge is 0.144 e. The fraction of sp³-hybridized carbons (Fsp3) is 0.923. The van der Waals surface area contributed by atoms with Gasteiger partial charge in [-0.15, -0.1) is 0 Å². The number of hydrogen-bond acceptors (Lipinski definition) is 4.